The lowest BCUT2D eigenvalue weighted by Gasteiger charge is -2.36. The molecule has 0 saturated carbocycles. The average Bonchev–Trinajstić information content (AvgIpc) is 3.52. The van der Waals surface area contributed by atoms with Gasteiger partial charge in [-0.2, -0.15) is 0 Å². The first-order valence-electron chi connectivity index (χ1n) is 12.8. The molecule has 6 nitrogen and oxygen atoms in total. The molecular weight excluding hydrogens is 481 g/mol. The fraction of sp³-hybridized carbons (Fsp3) is 0.226. The molecule has 0 aliphatic carbocycles. The molecule has 0 radical (unpaired) electrons. The van der Waals surface area contributed by atoms with Crippen LogP contribution in [0.4, 0.5) is 4.39 Å². The molecule has 1 fully saturated rings. The number of hydrogen-bond acceptors (Lipinski definition) is 4. The first-order chi connectivity index (χ1) is 18.6. The Balaban J connectivity index is 1.16. The van der Waals surface area contributed by atoms with Crippen molar-refractivity contribution in [3.8, 4) is 11.1 Å². The Bertz CT molecular complexity index is 1330. The lowest BCUT2D eigenvalue weighted by Crippen LogP contribution is -2.50. The van der Waals surface area contributed by atoms with Gasteiger partial charge in [0.1, 0.15) is 5.82 Å². The van der Waals surface area contributed by atoms with Crippen LogP contribution in [0.3, 0.4) is 0 Å². The minimum Gasteiger partial charge on any atom is -0.459 e. The number of amides is 2. The number of benzene rings is 3. The number of rotatable bonds is 8. The molecule has 0 spiro atoms. The maximum Gasteiger partial charge on any atom is 0.289 e. The molecule has 194 valence electrons. The van der Waals surface area contributed by atoms with E-state index in [9.17, 15) is 14.0 Å². The number of piperazine rings is 1. The van der Waals surface area contributed by atoms with Crippen molar-refractivity contribution >= 4 is 11.8 Å². The van der Waals surface area contributed by atoms with Crippen molar-refractivity contribution in [1.29, 1.82) is 0 Å². The summed E-state index contributed by atoms with van der Waals surface area (Å²) >= 11 is 0. The number of carbonyl (C=O) groups is 2. The van der Waals surface area contributed by atoms with Gasteiger partial charge < -0.3 is 14.2 Å². The van der Waals surface area contributed by atoms with Crippen LogP contribution in [-0.2, 0) is 6.54 Å². The quantitative estimate of drug-likeness (QED) is 0.327. The van der Waals surface area contributed by atoms with Crippen molar-refractivity contribution in [1.82, 2.24) is 14.7 Å². The molecule has 5 rings (SSSR count). The minimum absolute atomic E-state index is 0.0372. The van der Waals surface area contributed by atoms with Crippen molar-refractivity contribution in [3.05, 3.63) is 120 Å². The Kier molecular flexibility index (Phi) is 7.95. The Morgan fingerprint density at radius 1 is 0.789 bits per heavy atom. The Hall–Kier alpha value is -4.23. The summed E-state index contributed by atoms with van der Waals surface area (Å²) < 4.78 is 18.7. The van der Waals surface area contributed by atoms with E-state index in [1.807, 2.05) is 47.4 Å². The largest absolute Gasteiger partial charge is 0.459 e. The van der Waals surface area contributed by atoms with Crippen LogP contribution in [0, 0.1) is 5.82 Å². The van der Waals surface area contributed by atoms with Crippen molar-refractivity contribution in [2.45, 2.75) is 6.54 Å². The number of furan rings is 1. The lowest BCUT2D eigenvalue weighted by atomic mass is 10.0. The van der Waals surface area contributed by atoms with Gasteiger partial charge in [-0.3, -0.25) is 14.5 Å². The molecule has 38 heavy (non-hydrogen) atoms. The predicted molar refractivity (Wildman–Crippen MR) is 144 cm³/mol. The highest BCUT2D eigenvalue weighted by Gasteiger charge is 2.24. The fourth-order valence-corrected chi connectivity index (χ4v) is 4.67. The molecule has 0 unspecified atom stereocenters. The van der Waals surface area contributed by atoms with Crippen LogP contribution in [0.2, 0.25) is 0 Å². The summed E-state index contributed by atoms with van der Waals surface area (Å²) in [7, 11) is 0. The van der Waals surface area contributed by atoms with E-state index < -0.39 is 0 Å². The molecule has 0 N–H and O–H groups in total. The molecule has 3 aromatic carbocycles. The Morgan fingerprint density at radius 3 is 2.13 bits per heavy atom. The first kappa shape index (κ1) is 25.4. The predicted octanol–water partition coefficient (Wildman–Crippen LogP) is 5.19. The zero-order valence-electron chi connectivity index (χ0n) is 21.1. The summed E-state index contributed by atoms with van der Waals surface area (Å²) in [5.74, 6) is -0.194. The van der Waals surface area contributed by atoms with Gasteiger partial charge in [0.15, 0.2) is 5.76 Å². The molecule has 1 aliphatic heterocycles. The summed E-state index contributed by atoms with van der Waals surface area (Å²) in [5, 5.41) is 0. The van der Waals surface area contributed by atoms with Gasteiger partial charge in [0, 0.05) is 51.4 Å². The second-order valence-electron chi connectivity index (χ2n) is 9.41. The highest BCUT2D eigenvalue weighted by Crippen LogP contribution is 2.20. The summed E-state index contributed by atoms with van der Waals surface area (Å²) in [6.45, 7) is 4.23. The van der Waals surface area contributed by atoms with Gasteiger partial charge in [-0.1, -0.05) is 54.6 Å². The average molecular weight is 512 g/mol. The van der Waals surface area contributed by atoms with Crippen LogP contribution in [0.25, 0.3) is 11.1 Å². The first-order valence-corrected chi connectivity index (χ1v) is 12.8. The van der Waals surface area contributed by atoms with Gasteiger partial charge in [-0.15, -0.1) is 0 Å². The fourth-order valence-electron chi connectivity index (χ4n) is 4.67. The van der Waals surface area contributed by atoms with Crippen LogP contribution in [0.5, 0.6) is 0 Å². The minimum atomic E-state index is -0.308. The smallest absolute Gasteiger partial charge is 0.289 e. The van der Waals surface area contributed by atoms with E-state index in [-0.39, 0.29) is 23.4 Å². The van der Waals surface area contributed by atoms with Crippen molar-refractivity contribution < 1.29 is 18.4 Å². The molecule has 1 saturated heterocycles. The second-order valence-corrected chi connectivity index (χ2v) is 9.41. The van der Waals surface area contributed by atoms with Crippen LogP contribution in [0.1, 0.15) is 26.5 Å². The molecule has 1 aromatic heterocycles. The highest BCUT2D eigenvalue weighted by molar-refractivity contribution is 5.95. The van der Waals surface area contributed by atoms with E-state index in [4.69, 9.17) is 4.42 Å². The van der Waals surface area contributed by atoms with E-state index in [2.05, 4.69) is 17.0 Å². The molecule has 0 atom stereocenters. The van der Waals surface area contributed by atoms with Gasteiger partial charge in [0.25, 0.3) is 11.8 Å². The third kappa shape index (κ3) is 6.18. The van der Waals surface area contributed by atoms with E-state index in [1.54, 1.807) is 29.2 Å². The van der Waals surface area contributed by atoms with Crippen molar-refractivity contribution in [3.63, 3.8) is 0 Å². The third-order valence-corrected chi connectivity index (χ3v) is 6.89. The van der Waals surface area contributed by atoms with Crippen LogP contribution >= 0.6 is 0 Å². The summed E-state index contributed by atoms with van der Waals surface area (Å²) in [6, 6.07) is 27.4. The SMILES string of the molecule is O=C(c1ccc(-c2ccccc2)cc1)N1CCN(CCN(Cc2ccc(F)cc2)C(=O)c2ccco2)CC1. The van der Waals surface area contributed by atoms with Gasteiger partial charge in [0.2, 0.25) is 0 Å². The maximum absolute atomic E-state index is 13.4. The van der Waals surface area contributed by atoms with Gasteiger partial charge in [-0.05, 0) is 53.1 Å². The number of carbonyl (C=O) groups excluding carboxylic acids is 2. The van der Waals surface area contributed by atoms with Gasteiger partial charge in [0.05, 0.1) is 6.26 Å². The zero-order chi connectivity index (χ0) is 26.3. The maximum atomic E-state index is 13.4. The molecular formula is C31H30FN3O3. The number of halogens is 1. The molecule has 4 aromatic rings. The lowest BCUT2D eigenvalue weighted by molar-refractivity contribution is 0.0589. The number of hydrogen-bond donors (Lipinski definition) is 0. The normalized spacial score (nSPS) is 13.9. The van der Waals surface area contributed by atoms with Crippen LogP contribution in [0.15, 0.2) is 102 Å². The van der Waals surface area contributed by atoms with Crippen LogP contribution < -0.4 is 0 Å². The Labute approximate surface area is 221 Å². The third-order valence-electron chi connectivity index (χ3n) is 6.89. The summed E-state index contributed by atoms with van der Waals surface area (Å²) in [4.78, 5) is 32.0. The molecule has 0 bridgehead atoms. The number of nitrogens with zero attached hydrogens (tertiary/aromatic N) is 3. The van der Waals surface area contributed by atoms with Crippen molar-refractivity contribution in [2.75, 3.05) is 39.3 Å². The van der Waals surface area contributed by atoms with E-state index in [1.165, 1.54) is 18.4 Å². The summed E-state index contributed by atoms with van der Waals surface area (Å²) in [5.41, 5.74) is 3.74. The standard InChI is InChI=1S/C31H30FN3O3/c32-28-14-8-24(9-15-28)23-35(31(37)29-7-4-22-38-29)21-18-33-16-19-34(20-17-33)30(36)27-12-10-26(11-13-27)25-5-2-1-3-6-25/h1-15,22H,16-21,23H2. The topological polar surface area (TPSA) is 57.0 Å². The van der Waals surface area contributed by atoms with E-state index in [0.717, 1.165) is 29.8 Å². The zero-order valence-corrected chi connectivity index (χ0v) is 21.1. The molecule has 1 aliphatic rings. The molecule has 7 heteroatoms. The van der Waals surface area contributed by atoms with Crippen LogP contribution in [-0.4, -0.2) is 65.8 Å². The molecule has 2 heterocycles. The highest BCUT2D eigenvalue weighted by atomic mass is 19.1. The van der Waals surface area contributed by atoms with E-state index >= 15 is 0 Å². The van der Waals surface area contributed by atoms with E-state index in [0.29, 0.717) is 38.3 Å². The van der Waals surface area contributed by atoms with Crippen molar-refractivity contribution in [2.24, 2.45) is 0 Å². The second kappa shape index (κ2) is 11.9. The monoisotopic (exact) mass is 511 g/mol. The summed E-state index contributed by atoms with van der Waals surface area (Å²) in [6.07, 6.45) is 1.48. The Morgan fingerprint density at radius 2 is 1.47 bits per heavy atom. The van der Waals surface area contributed by atoms with Gasteiger partial charge in [-0.25, -0.2) is 4.39 Å². The van der Waals surface area contributed by atoms with Gasteiger partial charge >= 0.3 is 0 Å². The molecule has 2 amide bonds.